The molecule has 0 amide bonds. The lowest BCUT2D eigenvalue weighted by Gasteiger charge is -2.58. The van der Waals surface area contributed by atoms with Gasteiger partial charge in [0.2, 0.25) is 0 Å². The Morgan fingerprint density at radius 1 is 1.11 bits per heavy atom. The number of carbonyl (C=O) groups excluding carboxylic acids is 1. The average Bonchev–Trinajstić information content (AvgIpc) is 3.00. The van der Waals surface area contributed by atoms with Crippen LogP contribution in [-0.2, 0) is 4.79 Å². The summed E-state index contributed by atoms with van der Waals surface area (Å²) in [7, 11) is 0. The number of ketones is 1. The highest BCUT2D eigenvalue weighted by Gasteiger charge is 2.59. The Balaban J connectivity index is 1.53. The minimum atomic E-state index is 0.336. The molecule has 0 N–H and O–H groups in total. The van der Waals surface area contributed by atoms with Gasteiger partial charge in [-0.25, -0.2) is 0 Å². The Morgan fingerprint density at radius 3 is 2.70 bits per heavy atom. The van der Waals surface area contributed by atoms with E-state index in [2.05, 4.69) is 33.8 Å². The third-order valence-corrected chi connectivity index (χ3v) is 9.96. The van der Waals surface area contributed by atoms with Gasteiger partial charge in [0.15, 0.2) is 0 Å². The SMILES string of the molecule is CCCCC[C@@H](C)[C@H]1CC[C@H]2[C@@H]3CC=C4CC(=O)CC[C@]4(C)[C@H]3CC[C@]12C. The van der Waals surface area contributed by atoms with Crippen molar-refractivity contribution in [2.24, 2.45) is 40.4 Å². The van der Waals surface area contributed by atoms with Crippen LogP contribution in [0.15, 0.2) is 11.6 Å². The van der Waals surface area contributed by atoms with Crippen LogP contribution in [0, 0.1) is 40.4 Å². The summed E-state index contributed by atoms with van der Waals surface area (Å²) in [6.07, 6.45) is 17.9. The Kier molecular flexibility index (Phi) is 5.36. The lowest BCUT2D eigenvalue weighted by Crippen LogP contribution is -2.50. The predicted molar refractivity (Wildman–Crippen MR) is 114 cm³/mol. The molecule has 0 bridgehead atoms. The number of carbonyl (C=O) groups is 1. The summed E-state index contributed by atoms with van der Waals surface area (Å²) in [5, 5.41) is 0. The van der Waals surface area contributed by atoms with Crippen molar-refractivity contribution < 1.29 is 4.79 Å². The van der Waals surface area contributed by atoms with Gasteiger partial charge in [0.25, 0.3) is 0 Å². The largest absolute Gasteiger partial charge is 0.299 e. The second-order valence-corrected chi connectivity index (χ2v) is 11.2. The molecule has 0 radical (unpaired) electrons. The van der Waals surface area contributed by atoms with E-state index in [4.69, 9.17) is 0 Å². The molecule has 0 aromatic heterocycles. The monoisotopic (exact) mass is 370 g/mol. The summed E-state index contributed by atoms with van der Waals surface area (Å²) in [6.45, 7) is 10.1. The van der Waals surface area contributed by atoms with Crippen LogP contribution in [0.5, 0.6) is 0 Å². The highest BCUT2D eigenvalue weighted by Crippen LogP contribution is 2.67. The van der Waals surface area contributed by atoms with E-state index in [0.29, 0.717) is 16.6 Å². The third-order valence-electron chi connectivity index (χ3n) is 9.96. The topological polar surface area (TPSA) is 17.1 Å². The zero-order valence-electron chi connectivity index (χ0n) is 18.4. The zero-order valence-corrected chi connectivity index (χ0v) is 18.4. The number of Topliss-reactive ketones (excluding diaryl/α,β-unsaturated/α-hetero) is 1. The molecule has 0 aromatic rings. The summed E-state index contributed by atoms with van der Waals surface area (Å²) in [4.78, 5) is 12.0. The van der Waals surface area contributed by atoms with Crippen LogP contribution in [0.4, 0.5) is 0 Å². The van der Waals surface area contributed by atoms with Crippen molar-refractivity contribution in [1.82, 2.24) is 0 Å². The van der Waals surface area contributed by atoms with E-state index >= 15 is 0 Å². The summed E-state index contributed by atoms with van der Waals surface area (Å²) in [5.41, 5.74) is 2.44. The molecule has 7 atom stereocenters. The molecule has 1 heteroatoms. The third kappa shape index (κ3) is 3.16. The summed E-state index contributed by atoms with van der Waals surface area (Å²) < 4.78 is 0. The minimum Gasteiger partial charge on any atom is -0.299 e. The molecule has 0 spiro atoms. The lowest BCUT2D eigenvalue weighted by atomic mass is 9.47. The Morgan fingerprint density at radius 2 is 1.93 bits per heavy atom. The van der Waals surface area contributed by atoms with E-state index in [-0.39, 0.29) is 0 Å². The summed E-state index contributed by atoms with van der Waals surface area (Å²) in [5.74, 6) is 5.00. The van der Waals surface area contributed by atoms with Crippen LogP contribution in [0.25, 0.3) is 0 Å². The lowest BCUT2D eigenvalue weighted by molar-refractivity contribution is -0.122. The molecule has 0 aliphatic heterocycles. The fourth-order valence-corrected chi connectivity index (χ4v) is 8.37. The van der Waals surface area contributed by atoms with Crippen molar-refractivity contribution in [3.8, 4) is 0 Å². The average molecular weight is 371 g/mol. The van der Waals surface area contributed by atoms with Gasteiger partial charge in [0.05, 0.1) is 0 Å². The number of rotatable bonds is 5. The van der Waals surface area contributed by atoms with Crippen molar-refractivity contribution in [2.75, 3.05) is 0 Å². The number of unbranched alkanes of at least 4 members (excludes halogenated alkanes) is 2. The molecule has 4 aliphatic rings. The van der Waals surface area contributed by atoms with Crippen molar-refractivity contribution >= 4 is 5.78 Å². The molecule has 4 aliphatic carbocycles. The first-order valence-electron chi connectivity index (χ1n) is 12.1. The second kappa shape index (κ2) is 7.34. The maximum Gasteiger partial charge on any atom is 0.136 e. The first kappa shape index (κ1) is 19.7. The van der Waals surface area contributed by atoms with E-state index in [1.54, 1.807) is 0 Å². The van der Waals surface area contributed by atoms with Gasteiger partial charge in [-0.2, -0.15) is 0 Å². The quantitative estimate of drug-likeness (QED) is 0.365. The smallest absolute Gasteiger partial charge is 0.136 e. The van der Waals surface area contributed by atoms with Gasteiger partial charge in [0, 0.05) is 12.8 Å². The van der Waals surface area contributed by atoms with Crippen molar-refractivity contribution in [1.29, 1.82) is 0 Å². The maximum absolute atomic E-state index is 12.0. The van der Waals surface area contributed by atoms with Crippen LogP contribution >= 0.6 is 0 Å². The summed E-state index contributed by atoms with van der Waals surface area (Å²) in [6, 6.07) is 0. The standard InChI is InChI=1S/C26H42O/c1-5-6-7-8-18(2)22-11-12-23-21-10-9-19-17-20(27)13-15-25(19,3)24(21)14-16-26(22,23)4/h9,18,21-24H,5-8,10-17H2,1-4H3/t18-,21+,22-,23+,24+,25+,26-/m1/s1. The van der Waals surface area contributed by atoms with E-state index in [0.717, 1.165) is 48.9 Å². The van der Waals surface area contributed by atoms with E-state index < -0.39 is 0 Å². The van der Waals surface area contributed by atoms with Crippen molar-refractivity contribution in [3.05, 3.63) is 11.6 Å². The first-order valence-corrected chi connectivity index (χ1v) is 12.1. The van der Waals surface area contributed by atoms with Gasteiger partial charge in [-0.15, -0.1) is 0 Å². The van der Waals surface area contributed by atoms with Gasteiger partial charge < -0.3 is 0 Å². The molecule has 0 heterocycles. The Bertz CT molecular complexity index is 603. The second-order valence-electron chi connectivity index (χ2n) is 11.2. The molecular formula is C26H42O. The number of hydrogen-bond donors (Lipinski definition) is 0. The van der Waals surface area contributed by atoms with Crippen LogP contribution in [0.2, 0.25) is 0 Å². The highest BCUT2D eigenvalue weighted by molar-refractivity contribution is 5.82. The molecule has 0 saturated heterocycles. The van der Waals surface area contributed by atoms with Crippen LogP contribution in [-0.4, -0.2) is 5.78 Å². The predicted octanol–water partition coefficient (Wildman–Crippen LogP) is 7.35. The normalized spacial score (nSPS) is 44.9. The van der Waals surface area contributed by atoms with Gasteiger partial charge in [-0.3, -0.25) is 4.79 Å². The van der Waals surface area contributed by atoms with E-state index in [9.17, 15) is 4.79 Å². The van der Waals surface area contributed by atoms with E-state index in [1.165, 1.54) is 63.4 Å². The molecule has 0 aromatic carbocycles. The minimum absolute atomic E-state index is 0.336. The summed E-state index contributed by atoms with van der Waals surface area (Å²) >= 11 is 0. The van der Waals surface area contributed by atoms with Crippen LogP contribution in [0.1, 0.15) is 105 Å². The molecule has 3 saturated carbocycles. The molecule has 1 nitrogen and oxygen atoms in total. The molecule has 152 valence electrons. The molecule has 27 heavy (non-hydrogen) atoms. The molecule has 0 unspecified atom stereocenters. The fraction of sp³-hybridized carbons (Fsp3) is 0.885. The number of allylic oxidation sites excluding steroid dienone is 2. The van der Waals surface area contributed by atoms with Gasteiger partial charge >= 0.3 is 0 Å². The zero-order chi connectivity index (χ0) is 19.2. The van der Waals surface area contributed by atoms with Crippen LogP contribution in [0.3, 0.4) is 0 Å². The molecule has 4 rings (SSSR count). The van der Waals surface area contributed by atoms with E-state index in [1.807, 2.05) is 0 Å². The Labute approximate surface area is 167 Å². The van der Waals surface area contributed by atoms with Crippen LogP contribution < -0.4 is 0 Å². The fourth-order valence-electron chi connectivity index (χ4n) is 8.37. The Hall–Kier alpha value is -0.590. The number of hydrogen-bond acceptors (Lipinski definition) is 1. The first-order chi connectivity index (χ1) is 12.9. The maximum atomic E-state index is 12.0. The molecular weight excluding hydrogens is 328 g/mol. The highest BCUT2D eigenvalue weighted by atomic mass is 16.1. The van der Waals surface area contributed by atoms with Crippen molar-refractivity contribution in [3.63, 3.8) is 0 Å². The number of fused-ring (bicyclic) bond motifs is 5. The van der Waals surface area contributed by atoms with Gasteiger partial charge in [-0.05, 0) is 78.9 Å². The van der Waals surface area contributed by atoms with Gasteiger partial charge in [0.1, 0.15) is 5.78 Å². The van der Waals surface area contributed by atoms with Crippen molar-refractivity contribution in [2.45, 2.75) is 105 Å². The van der Waals surface area contributed by atoms with Gasteiger partial charge in [-0.1, -0.05) is 65.0 Å². The molecule has 3 fully saturated rings.